The fourth-order valence-corrected chi connectivity index (χ4v) is 1.63. The van der Waals surface area contributed by atoms with E-state index in [1.807, 2.05) is 14.1 Å². The van der Waals surface area contributed by atoms with Crippen LogP contribution < -0.4 is 33.8 Å². The van der Waals surface area contributed by atoms with E-state index in [1.54, 1.807) is 23.9 Å². The summed E-state index contributed by atoms with van der Waals surface area (Å²) >= 11 is 0. The molecule has 0 amide bonds. The van der Waals surface area contributed by atoms with Gasteiger partial charge in [-0.3, -0.25) is 17.0 Å². The van der Waals surface area contributed by atoms with Crippen molar-refractivity contribution in [1.82, 2.24) is 30.5 Å². The number of hydrazine groups is 2. The zero-order valence-corrected chi connectivity index (χ0v) is 15.7. The summed E-state index contributed by atoms with van der Waals surface area (Å²) in [7, 11) is 7.21. The number of hydrogen-bond donors (Lipinski definition) is 6. The molecule has 14 heteroatoms. The number of nitrogens with one attached hydrogen (secondary N) is 2. The monoisotopic (exact) mass is 370 g/mol. The van der Waals surface area contributed by atoms with Crippen molar-refractivity contribution in [2.75, 3.05) is 54.9 Å². The van der Waals surface area contributed by atoms with Crippen LogP contribution in [0.4, 0.5) is 0 Å². The minimum atomic E-state index is 0.129. The molecule has 1 aliphatic heterocycles. The molecule has 0 unspecified atom stereocenters. The minimum Gasteiger partial charge on any atom is -0.370 e. The van der Waals surface area contributed by atoms with E-state index in [0.717, 1.165) is 0 Å². The first-order valence-electron chi connectivity index (χ1n) is 7.76. The second kappa shape index (κ2) is 10.3. The lowest BCUT2D eigenvalue weighted by molar-refractivity contribution is 0.285. The Labute approximate surface area is 153 Å². The molecule has 0 atom stereocenters. The Hall–Kier alpha value is -2.68. The molecule has 26 heavy (non-hydrogen) atoms. The summed E-state index contributed by atoms with van der Waals surface area (Å²) < 4.78 is 0. The molecule has 1 aliphatic rings. The van der Waals surface area contributed by atoms with Crippen LogP contribution >= 0.6 is 0 Å². The summed E-state index contributed by atoms with van der Waals surface area (Å²) in [5, 5.41) is 8.58. The lowest BCUT2D eigenvalue weighted by atomic mass is 10.7. The van der Waals surface area contributed by atoms with Crippen LogP contribution in [0, 0.1) is 0 Å². The second-order valence-electron chi connectivity index (χ2n) is 5.83. The number of rotatable bonds is 0. The first kappa shape index (κ1) is 21.4. The highest BCUT2D eigenvalue weighted by Gasteiger charge is 2.08. The summed E-state index contributed by atoms with van der Waals surface area (Å²) in [4.78, 5) is 20.5. The third kappa shape index (κ3) is 7.93. The maximum absolute atomic E-state index is 5.89. The van der Waals surface area contributed by atoms with Crippen LogP contribution in [0.2, 0.25) is 0 Å². The third-order valence-corrected chi connectivity index (χ3v) is 2.97. The van der Waals surface area contributed by atoms with Gasteiger partial charge in [0.2, 0.25) is 11.9 Å². The fraction of sp³-hybridized carbons (Fsp3) is 0.667. The molecule has 0 spiro atoms. The predicted octanol–water partition coefficient (Wildman–Crippen LogP) is -4.17. The van der Waals surface area contributed by atoms with Crippen LogP contribution in [-0.4, -0.2) is 98.5 Å². The summed E-state index contributed by atoms with van der Waals surface area (Å²) in [5.41, 5.74) is 11.7. The molecule has 0 bridgehead atoms. The highest BCUT2D eigenvalue weighted by molar-refractivity contribution is 5.97. The lowest BCUT2D eigenvalue weighted by Crippen LogP contribution is -2.48. The van der Waals surface area contributed by atoms with Gasteiger partial charge in [0, 0.05) is 28.2 Å². The Bertz CT molecular complexity index is 562. The van der Waals surface area contributed by atoms with Gasteiger partial charge in [-0.1, -0.05) is 0 Å². The van der Waals surface area contributed by atoms with E-state index < -0.39 is 0 Å². The zero-order chi connectivity index (χ0) is 19.7. The number of guanidine groups is 4. The van der Waals surface area contributed by atoms with Gasteiger partial charge >= 0.3 is 0 Å². The minimum absolute atomic E-state index is 0.129. The van der Waals surface area contributed by atoms with Crippen molar-refractivity contribution in [3.8, 4) is 0 Å². The van der Waals surface area contributed by atoms with Crippen LogP contribution in [0.1, 0.15) is 0 Å². The lowest BCUT2D eigenvalue weighted by Gasteiger charge is -2.21. The average molecular weight is 370 g/mol. The van der Waals surface area contributed by atoms with Gasteiger partial charge in [-0.25, -0.2) is 25.0 Å². The van der Waals surface area contributed by atoms with Gasteiger partial charge in [0.05, 0.1) is 6.67 Å². The maximum atomic E-state index is 5.89. The van der Waals surface area contributed by atoms with Gasteiger partial charge in [0.1, 0.15) is 20.0 Å². The SMILES string of the molecule is CN(C)C1=N/CN(N)C/N=C(\N)N/C(N(C)C)=N\CN(N)CN\C(N)=N\1. The van der Waals surface area contributed by atoms with Gasteiger partial charge < -0.3 is 26.6 Å². The van der Waals surface area contributed by atoms with Crippen LogP contribution in [0.3, 0.4) is 0 Å². The molecule has 10 N–H and O–H groups in total. The van der Waals surface area contributed by atoms with Crippen LogP contribution in [0.5, 0.6) is 0 Å². The largest absolute Gasteiger partial charge is 0.370 e. The highest BCUT2D eigenvalue weighted by atomic mass is 15.5. The van der Waals surface area contributed by atoms with E-state index in [0.29, 0.717) is 11.9 Å². The molecule has 0 saturated carbocycles. The molecule has 1 rings (SSSR count). The Morgan fingerprint density at radius 1 is 0.846 bits per heavy atom. The normalized spacial score (nSPS) is 27.3. The molecule has 0 aromatic carbocycles. The number of aliphatic imine (C=N–C) groups is 4. The van der Waals surface area contributed by atoms with Gasteiger partial charge in [-0.2, -0.15) is 4.99 Å². The van der Waals surface area contributed by atoms with Crippen LogP contribution in [0.15, 0.2) is 20.0 Å². The number of nitrogens with zero attached hydrogens (tertiary/aromatic N) is 8. The number of hydrogen-bond acceptors (Lipinski definition) is 14. The van der Waals surface area contributed by atoms with Crippen molar-refractivity contribution >= 4 is 23.8 Å². The molecule has 14 nitrogen and oxygen atoms in total. The van der Waals surface area contributed by atoms with E-state index in [4.69, 9.17) is 23.2 Å². The molecule has 148 valence electrons. The summed E-state index contributed by atoms with van der Waals surface area (Å²) in [5.74, 6) is 13.0. The topological polar surface area (TPSA) is 191 Å². The van der Waals surface area contributed by atoms with Crippen molar-refractivity contribution in [2.24, 2.45) is 43.1 Å². The Kier molecular flexibility index (Phi) is 8.50. The predicted molar refractivity (Wildman–Crippen MR) is 103 cm³/mol. The van der Waals surface area contributed by atoms with Crippen molar-refractivity contribution in [1.29, 1.82) is 0 Å². The summed E-state index contributed by atoms with van der Waals surface area (Å²) in [6.45, 7) is 0.696. The van der Waals surface area contributed by atoms with Crippen LogP contribution in [0.25, 0.3) is 0 Å². The quantitative estimate of drug-likeness (QED) is 0.228. The smallest absolute Gasteiger partial charge is 0.224 e. The molecular formula is C12H30N14. The van der Waals surface area contributed by atoms with E-state index in [9.17, 15) is 0 Å². The molecule has 0 aromatic heterocycles. The van der Waals surface area contributed by atoms with E-state index >= 15 is 0 Å². The van der Waals surface area contributed by atoms with Crippen molar-refractivity contribution in [2.45, 2.75) is 0 Å². The summed E-state index contributed by atoms with van der Waals surface area (Å²) in [6, 6.07) is 0. The molecule has 0 aromatic rings. The van der Waals surface area contributed by atoms with E-state index in [1.165, 1.54) is 10.0 Å². The van der Waals surface area contributed by atoms with Crippen LogP contribution in [-0.2, 0) is 0 Å². The molecular weight excluding hydrogens is 340 g/mol. The molecule has 0 saturated heterocycles. The fourth-order valence-electron chi connectivity index (χ4n) is 1.63. The molecule has 0 aliphatic carbocycles. The van der Waals surface area contributed by atoms with E-state index in [2.05, 4.69) is 30.6 Å². The van der Waals surface area contributed by atoms with Crippen molar-refractivity contribution < 1.29 is 0 Å². The van der Waals surface area contributed by atoms with Crippen molar-refractivity contribution in [3.05, 3.63) is 0 Å². The average Bonchev–Trinajstić information content (AvgIpc) is 2.57. The second-order valence-corrected chi connectivity index (χ2v) is 5.83. The Morgan fingerprint density at radius 3 is 2.08 bits per heavy atom. The summed E-state index contributed by atoms with van der Waals surface area (Å²) in [6.07, 6.45) is 0. The van der Waals surface area contributed by atoms with Gasteiger partial charge in [-0.15, -0.1) is 0 Å². The van der Waals surface area contributed by atoms with E-state index in [-0.39, 0.29) is 38.6 Å². The molecule has 0 fully saturated rings. The highest BCUT2D eigenvalue weighted by Crippen LogP contribution is 1.91. The maximum Gasteiger partial charge on any atom is 0.224 e. The van der Waals surface area contributed by atoms with Crippen molar-refractivity contribution in [3.63, 3.8) is 0 Å². The standard InChI is InChI=1S/C12H30N14/c1-23(2)11-19-7-25(15)6-18-10(14)22-12(24(3)4)20-8-26(16)5-17-9(13)21-11/h5-8,15-16H2,1-4H3,(H3,13,17,19,21)(H3,14,18,20,22). The Morgan fingerprint density at radius 2 is 1.46 bits per heavy atom. The number of nitrogens with two attached hydrogens (primary N) is 4. The first-order chi connectivity index (χ1) is 12.2. The van der Waals surface area contributed by atoms with Gasteiger partial charge in [-0.05, 0) is 0 Å². The Balaban J connectivity index is 3.04. The zero-order valence-electron chi connectivity index (χ0n) is 15.7. The third-order valence-electron chi connectivity index (χ3n) is 2.97. The molecule has 1 heterocycles. The molecule has 0 radical (unpaired) electrons. The van der Waals surface area contributed by atoms with Gasteiger partial charge in [0.25, 0.3) is 0 Å². The van der Waals surface area contributed by atoms with Gasteiger partial charge in [0.15, 0.2) is 11.9 Å². The first-order valence-corrected chi connectivity index (χ1v) is 7.76.